The van der Waals surface area contributed by atoms with Crippen LogP contribution >= 0.6 is 0 Å². The Morgan fingerprint density at radius 2 is 2.04 bits per heavy atom. The van der Waals surface area contributed by atoms with Gasteiger partial charge in [-0.15, -0.1) is 0 Å². The first-order valence-corrected chi connectivity index (χ1v) is 8.71. The van der Waals surface area contributed by atoms with Gasteiger partial charge in [-0.25, -0.2) is 9.59 Å². The summed E-state index contributed by atoms with van der Waals surface area (Å²) in [6.45, 7) is 0.414. The average Bonchev–Trinajstić information content (AvgIpc) is 3.20. The second-order valence-corrected chi connectivity index (χ2v) is 8.11. The van der Waals surface area contributed by atoms with Crippen molar-refractivity contribution < 1.29 is 23.5 Å². The number of allylic oxidation sites excluding steroid dienone is 2. The molecule has 3 heterocycles. The number of rotatable bonds is 1. The number of cyclic esters (lactones) is 2. The largest absolute Gasteiger partial charge is 0.472 e. The third kappa shape index (κ3) is 0.969. The molecule has 3 fully saturated rings. The molecule has 5 heteroatoms. The van der Waals surface area contributed by atoms with E-state index in [9.17, 15) is 9.59 Å². The van der Waals surface area contributed by atoms with Crippen LogP contribution in [-0.4, -0.2) is 18.5 Å². The highest BCUT2D eigenvalue weighted by atomic mass is 16.6. The highest BCUT2D eigenvalue weighted by molar-refractivity contribution is 6.01. The molecule has 0 amide bonds. The highest BCUT2D eigenvalue weighted by Gasteiger charge is 2.95. The lowest BCUT2D eigenvalue weighted by atomic mass is 9.69. The molecule has 2 saturated carbocycles. The van der Waals surface area contributed by atoms with Gasteiger partial charge in [-0.1, -0.05) is 18.2 Å². The molecule has 5 nitrogen and oxygen atoms in total. The van der Waals surface area contributed by atoms with E-state index in [4.69, 9.17) is 13.9 Å². The van der Waals surface area contributed by atoms with Crippen LogP contribution in [0.4, 0.5) is 0 Å². The summed E-state index contributed by atoms with van der Waals surface area (Å²) in [6, 6.07) is 1.85. The number of ether oxygens (including phenoxy) is 2. The number of carbonyl (C=O) groups excluding carboxylic acids is 2. The fourth-order valence-electron chi connectivity index (χ4n) is 7.08. The molecule has 5 unspecified atom stereocenters. The van der Waals surface area contributed by atoms with E-state index in [-0.39, 0.29) is 28.2 Å². The molecule has 1 aromatic heterocycles. The number of hydrogen-bond acceptors (Lipinski definition) is 5. The maximum Gasteiger partial charge on any atom is 0.339 e. The topological polar surface area (TPSA) is 65.7 Å². The van der Waals surface area contributed by atoms with Crippen molar-refractivity contribution in [2.75, 3.05) is 6.61 Å². The summed E-state index contributed by atoms with van der Waals surface area (Å²) in [4.78, 5) is 24.9. The van der Waals surface area contributed by atoms with E-state index >= 15 is 0 Å². The van der Waals surface area contributed by atoms with Crippen molar-refractivity contribution in [2.45, 2.75) is 18.9 Å². The van der Waals surface area contributed by atoms with Crippen molar-refractivity contribution >= 4 is 11.9 Å². The Labute approximate surface area is 143 Å². The second-order valence-electron chi connectivity index (χ2n) is 8.11. The summed E-state index contributed by atoms with van der Waals surface area (Å²) in [5.74, 6) is -0.0970. The van der Waals surface area contributed by atoms with E-state index in [1.807, 2.05) is 12.1 Å². The zero-order valence-corrected chi connectivity index (χ0v) is 13.3. The second kappa shape index (κ2) is 3.39. The first-order chi connectivity index (χ1) is 12.1. The van der Waals surface area contributed by atoms with Crippen LogP contribution < -0.4 is 0 Å². The van der Waals surface area contributed by atoms with Gasteiger partial charge in [0.2, 0.25) is 0 Å². The van der Waals surface area contributed by atoms with Gasteiger partial charge in [0.25, 0.3) is 0 Å². The van der Waals surface area contributed by atoms with E-state index < -0.39 is 6.10 Å². The monoisotopic (exact) mass is 334 g/mol. The molecule has 2 aliphatic heterocycles. The molecule has 7 aliphatic rings. The smallest absolute Gasteiger partial charge is 0.339 e. The maximum atomic E-state index is 12.5. The third-order valence-corrected chi connectivity index (χ3v) is 7.68. The van der Waals surface area contributed by atoms with Crippen LogP contribution in [-0.2, 0) is 19.1 Å². The summed E-state index contributed by atoms with van der Waals surface area (Å²) in [5, 5.41) is 0. The molecule has 1 aromatic rings. The van der Waals surface area contributed by atoms with Crippen molar-refractivity contribution in [3.63, 3.8) is 0 Å². The molecule has 3 spiro atoms. The normalized spacial score (nSPS) is 47.1. The first kappa shape index (κ1) is 12.8. The Bertz CT molecular complexity index is 995. The summed E-state index contributed by atoms with van der Waals surface area (Å²) < 4.78 is 16.5. The first-order valence-electron chi connectivity index (χ1n) is 8.71. The van der Waals surface area contributed by atoms with Gasteiger partial charge in [0.05, 0.1) is 23.5 Å². The van der Waals surface area contributed by atoms with Gasteiger partial charge in [-0.05, 0) is 30.4 Å². The van der Waals surface area contributed by atoms with Gasteiger partial charge in [0.1, 0.15) is 6.61 Å². The molecule has 1 saturated heterocycles. The zero-order chi connectivity index (χ0) is 16.6. The lowest BCUT2D eigenvalue weighted by molar-refractivity contribution is -0.140. The summed E-state index contributed by atoms with van der Waals surface area (Å²) >= 11 is 0. The Hall–Kier alpha value is -2.56. The van der Waals surface area contributed by atoms with E-state index in [2.05, 4.69) is 12.2 Å². The summed E-state index contributed by atoms with van der Waals surface area (Å²) in [6.07, 6.45) is 11.0. The van der Waals surface area contributed by atoms with Crippen LogP contribution in [0, 0.1) is 22.2 Å². The predicted molar refractivity (Wildman–Crippen MR) is 82.8 cm³/mol. The van der Waals surface area contributed by atoms with Gasteiger partial charge in [0.15, 0.2) is 6.10 Å². The lowest BCUT2D eigenvalue weighted by Gasteiger charge is -2.31. The molecule has 0 aromatic carbocycles. The van der Waals surface area contributed by atoms with Crippen LogP contribution in [0.15, 0.2) is 58.0 Å². The molecule has 8 rings (SSSR count). The fraction of sp³-hybridized carbons (Fsp3) is 0.400. The molecule has 0 N–H and O–H groups in total. The Balaban J connectivity index is 1.53. The van der Waals surface area contributed by atoms with Gasteiger partial charge in [0, 0.05) is 22.0 Å². The third-order valence-electron chi connectivity index (χ3n) is 7.68. The molecule has 0 radical (unpaired) electrons. The van der Waals surface area contributed by atoms with Crippen molar-refractivity contribution in [1.29, 1.82) is 0 Å². The Morgan fingerprint density at radius 1 is 1.12 bits per heavy atom. The van der Waals surface area contributed by atoms with Gasteiger partial charge in [-0.3, -0.25) is 0 Å². The van der Waals surface area contributed by atoms with E-state index in [1.165, 1.54) is 0 Å². The van der Waals surface area contributed by atoms with Crippen LogP contribution in [0.3, 0.4) is 0 Å². The van der Waals surface area contributed by atoms with Crippen LogP contribution in [0.25, 0.3) is 0 Å². The Morgan fingerprint density at radius 3 is 2.88 bits per heavy atom. The summed E-state index contributed by atoms with van der Waals surface area (Å²) in [5.41, 5.74) is 2.77. The van der Waals surface area contributed by atoms with Gasteiger partial charge >= 0.3 is 11.9 Å². The van der Waals surface area contributed by atoms with Gasteiger partial charge in [-0.2, -0.15) is 0 Å². The summed E-state index contributed by atoms with van der Waals surface area (Å²) in [7, 11) is 0. The number of furan rings is 1. The molecule has 25 heavy (non-hydrogen) atoms. The molecule has 5 atom stereocenters. The average molecular weight is 334 g/mol. The van der Waals surface area contributed by atoms with Gasteiger partial charge < -0.3 is 13.9 Å². The van der Waals surface area contributed by atoms with Crippen molar-refractivity contribution in [3.05, 3.63) is 59.1 Å². The highest BCUT2D eigenvalue weighted by Crippen LogP contribution is 2.96. The molecule has 5 aliphatic carbocycles. The van der Waals surface area contributed by atoms with E-state index in [0.29, 0.717) is 18.1 Å². The zero-order valence-electron chi connectivity index (χ0n) is 13.3. The predicted octanol–water partition coefficient (Wildman–Crippen LogP) is 2.62. The van der Waals surface area contributed by atoms with E-state index in [0.717, 1.165) is 29.6 Å². The minimum atomic E-state index is -0.418. The number of esters is 2. The fourth-order valence-corrected chi connectivity index (χ4v) is 7.08. The molecule has 4 bridgehead atoms. The minimum Gasteiger partial charge on any atom is -0.472 e. The quantitative estimate of drug-likeness (QED) is 0.739. The molecule has 124 valence electrons. The number of hydrogen-bond donors (Lipinski definition) is 0. The van der Waals surface area contributed by atoms with Crippen molar-refractivity contribution in [2.24, 2.45) is 22.2 Å². The van der Waals surface area contributed by atoms with Crippen LogP contribution in [0.1, 0.15) is 24.5 Å². The van der Waals surface area contributed by atoms with Crippen LogP contribution in [0.2, 0.25) is 0 Å². The van der Waals surface area contributed by atoms with Crippen molar-refractivity contribution in [3.8, 4) is 0 Å². The molecular formula is C20H14O5. The van der Waals surface area contributed by atoms with Crippen molar-refractivity contribution in [1.82, 2.24) is 0 Å². The van der Waals surface area contributed by atoms with E-state index in [1.54, 1.807) is 12.5 Å². The standard InChI is InChI=1S/C20H14O5/c21-16-12-1-3-18-6-10-5-13-17(22)24-9-20(13,18)19(18,7-10)14(12)15(25-16)11-2-4-23-8-11/h1-5,8,10,15H,6-7,9H2. The Kier molecular flexibility index (Phi) is 1.73. The minimum absolute atomic E-state index is 0.101. The SMILES string of the molecule is O=C1OCC23C1=CC1CC24C=CC2=C(C(c5ccoc5)OC2=O)C43C1. The molecular weight excluding hydrogens is 320 g/mol. The number of carbonyl (C=O) groups is 2. The lowest BCUT2D eigenvalue weighted by Crippen LogP contribution is -2.28. The maximum absolute atomic E-state index is 12.5. The van der Waals surface area contributed by atoms with Crippen LogP contribution in [0.5, 0.6) is 0 Å².